The van der Waals surface area contributed by atoms with Gasteiger partial charge in [-0.1, -0.05) is 42.5 Å². The van der Waals surface area contributed by atoms with Crippen molar-refractivity contribution in [1.29, 1.82) is 0 Å². The van der Waals surface area contributed by atoms with Crippen LogP contribution in [0, 0.1) is 11.3 Å². The molecule has 4 atom stereocenters. The molecular formula is C50H55N5O6. The maximum atomic E-state index is 13.4. The number of ether oxygens (including phenoxy) is 2. The van der Waals surface area contributed by atoms with Crippen LogP contribution < -0.4 is 24.6 Å². The third-order valence-corrected chi connectivity index (χ3v) is 15.4. The van der Waals surface area contributed by atoms with Crippen molar-refractivity contribution in [2.45, 2.75) is 81.8 Å². The Labute approximate surface area is 357 Å². The van der Waals surface area contributed by atoms with Crippen LogP contribution in [-0.4, -0.2) is 97.7 Å². The summed E-state index contributed by atoms with van der Waals surface area (Å²) in [5.41, 5.74) is 9.32. The van der Waals surface area contributed by atoms with Gasteiger partial charge in [-0.3, -0.25) is 24.6 Å². The molecule has 0 unspecified atom stereocenters. The number of nitrogens with zero attached hydrogens (tertiary/aromatic N) is 4. The van der Waals surface area contributed by atoms with Gasteiger partial charge in [0.2, 0.25) is 11.8 Å². The number of rotatable bonds is 7. The van der Waals surface area contributed by atoms with Gasteiger partial charge in [0.15, 0.2) is 0 Å². The number of amides is 3. The van der Waals surface area contributed by atoms with Crippen LogP contribution in [0.1, 0.15) is 95.0 Å². The van der Waals surface area contributed by atoms with Crippen molar-refractivity contribution in [3.8, 4) is 17.2 Å². The zero-order chi connectivity index (χ0) is 41.4. The van der Waals surface area contributed by atoms with E-state index in [9.17, 15) is 19.5 Å². The minimum atomic E-state index is -0.620. The molecule has 0 bridgehead atoms. The molecule has 4 aromatic rings. The Bertz CT molecular complexity index is 2390. The number of hydrogen-bond donors (Lipinski definition) is 2. The summed E-state index contributed by atoms with van der Waals surface area (Å²) < 4.78 is 12.5. The summed E-state index contributed by atoms with van der Waals surface area (Å²) in [4.78, 5) is 47.0. The number of methoxy groups -OCH3 is 1. The standard InChI is InChI=1S/C50H55N5O6/c1-60-44-23-35(8-11-40(44)47-38(32-5-3-2-4-6-32)10-7-33-21-37(56)9-12-39(33)47)53-17-15-50(16-18-53)25-31(26-50)27-52-19-20-54-36(29-52)30-61-45-24-41-34(22-43(45)54)28-55(49(41)59)42-13-14-46(57)51-48(42)58/h2-6,8-9,11-12,21-24,31,36,38,42,47,56H,7,10,13-20,25-30H2,1H3,(H,51,57,58)/t36-,38+,42-,47-/m0/s1. The maximum absolute atomic E-state index is 13.4. The van der Waals surface area contributed by atoms with Crippen molar-refractivity contribution in [2.24, 2.45) is 11.3 Å². The fraction of sp³-hybridized carbons (Fsp3) is 0.460. The second-order valence-electron chi connectivity index (χ2n) is 18.9. The largest absolute Gasteiger partial charge is 0.508 e. The van der Waals surface area contributed by atoms with Crippen LogP contribution in [-0.2, 0) is 22.6 Å². The van der Waals surface area contributed by atoms with Crippen molar-refractivity contribution in [3.05, 3.63) is 112 Å². The molecule has 11 nitrogen and oxygen atoms in total. The first kappa shape index (κ1) is 38.4. The molecule has 11 rings (SSSR count). The van der Waals surface area contributed by atoms with Crippen molar-refractivity contribution in [1.82, 2.24) is 15.1 Å². The first-order chi connectivity index (χ1) is 29.7. The van der Waals surface area contributed by atoms with E-state index in [1.807, 2.05) is 18.2 Å². The van der Waals surface area contributed by atoms with Crippen LogP contribution in [0.15, 0.2) is 78.9 Å². The summed E-state index contributed by atoms with van der Waals surface area (Å²) in [7, 11) is 1.80. The van der Waals surface area contributed by atoms with E-state index in [1.165, 1.54) is 53.6 Å². The number of piperazine rings is 1. The number of nitrogens with one attached hydrogen (secondary N) is 1. The summed E-state index contributed by atoms with van der Waals surface area (Å²) in [5, 5.41) is 12.7. The van der Waals surface area contributed by atoms with Gasteiger partial charge in [-0.2, -0.15) is 0 Å². The Kier molecular flexibility index (Phi) is 9.51. The molecule has 4 aromatic carbocycles. The first-order valence-electron chi connectivity index (χ1n) is 22.5. The number of carbonyl (C=O) groups excluding carboxylic acids is 3. The van der Waals surface area contributed by atoms with Gasteiger partial charge in [0.25, 0.3) is 5.91 Å². The van der Waals surface area contributed by atoms with E-state index in [2.05, 4.69) is 80.7 Å². The SMILES string of the molecule is COc1cc(N2CCC3(CC2)CC(CN2CCN4c5cc6c(cc5OC[C@@H]4C2)C(=O)N([C@H]2CCC(=O)NC2=O)C6)C3)ccc1[C@@H]1c2ccc(O)cc2CC[C@@H]1c1ccccc1. The van der Waals surface area contributed by atoms with E-state index in [1.54, 1.807) is 12.0 Å². The van der Waals surface area contributed by atoms with E-state index >= 15 is 0 Å². The van der Waals surface area contributed by atoms with Gasteiger partial charge in [0.1, 0.15) is 29.9 Å². The maximum Gasteiger partial charge on any atom is 0.255 e. The zero-order valence-electron chi connectivity index (χ0n) is 35.0. The molecule has 316 valence electrons. The van der Waals surface area contributed by atoms with Gasteiger partial charge >= 0.3 is 0 Å². The number of benzene rings is 4. The van der Waals surface area contributed by atoms with Crippen LogP contribution in [0.5, 0.6) is 17.2 Å². The summed E-state index contributed by atoms with van der Waals surface area (Å²) in [6.45, 7) is 7.11. The Morgan fingerprint density at radius 1 is 0.852 bits per heavy atom. The number of anilines is 2. The fourth-order valence-corrected chi connectivity index (χ4v) is 12.4. The second-order valence-corrected chi connectivity index (χ2v) is 18.9. The molecule has 61 heavy (non-hydrogen) atoms. The topological polar surface area (TPSA) is 115 Å². The van der Waals surface area contributed by atoms with Gasteiger partial charge in [0.05, 0.1) is 18.8 Å². The highest BCUT2D eigenvalue weighted by atomic mass is 16.5. The number of phenolic OH excluding ortho intramolecular Hbond substituents is 1. The molecule has 0 radical (unpaired) electrons. The molecule has 2 aliphatic carbocycles. The average Bonchev–Trinajstić information content (AvgIpc) is 3.58. The molecule has 4 fully saturated rings. The molecule has 1 saturated carbocycles. The molecule has 2 N–H and O–H groups in total. The quantitative estimate of drug-likeness (QED) is 0.199. The van der Waals surface area contributed by atoms with Crippen molar-refractivity contribution >= 4 is 29.1 Å². The highest BCUT2D eigenvalue weighted by Crippen LogP contribution is 2.54. The third kappa shape index (κ3) is 6.80. The van der Waals surface area contributed by atoms with E-state index < -0.39 is 6.04 Å². The highest BCUT2D eigenvalue weighted by molar-refractivity contribution is 6.06. The third-order valence-electron chi connectivity index (χ3n) is 15.4. The number of piperidine rings is 2. The molecule has 3 amide bonds. The minimum absolute atomic E-state index is 0.143. The van der Waals surface area contributed by atoms with Crippen LogP contribution in [0.4, 0.5) is 11.4 Å². The average molecular weight is 822 g/mol. The molecule has 1 spiro atoms. The smallest absolute Gasteiger partial charge is 0.255 e. The lowest BCUT2D eigenvalue weighted by Gasteiger charge is -2.54. The Morgan fingerprint density at radius 2 is 1.67 bits per heavy atom. The predicted molar refractivity (Wildman–Crippen MR) is 233 cm³/mol. The number of fused-ring (bicyclic) bond motifs is 5. The summed E-state index contributed by atoms with van der Waals surface area (Å²) in [6, 6.07) is 27.3. The molecule has 5 heterocycles. The van der Waals surface area contributed by atoms with Crippen LogP contribution >= 0.6 is 0 Å². The first-order valence-corrected chi connectivity index (χ1v) is 22.5. The van der Waals surface area contributed by atoms with E-state index in [-0.39, 0.29) is 36.1 Å². The van der Waals surface area contributed by atoms with Gasteiger partial charge in [-0.15, -0.1) is 0 Å². The van der Waals surface area contributed by atoms with E-state index in [4.69, 9.17) is 9.47 Å². The van der Waals surface area contributed by atoms with E-state index in [0.717, 1.165) is 80.8 Å². The normalized spacial score (nSPS) is 25.9. The van der Waals surface area contributed by atoms with Gasteiger partial charge in [-0.05, 0) is 115 Å². The molecule has 7 aliphatic rings. The number of aryl methyl sites for hydroxylation is 1. The van der Waals surface area contributed by atoms with Crippen molar-refractivity contribution in [2.75, 3.05) is 62.8 Å². The van der Waals surface area contributed by atoms with Crippen molar-refractivity contribution < 1.29 is 29.0 Å². The Balaban J connectivity index is 0.705. The fourth-order valence-electron chi connectivity index (χ4n) is 12.4. The molecule has 5 aliphatic heterocycles. The number of imide groups is 1. The summed E-state index contributed by atoms with van der Waals surface area (Å²) in [5.74, 6) is 2.38. The van der Waals surface area contributed by atoms with Crippen molar-refractivity contribution in [3.63, 3.8) is 0 Å². The lowest BCUT2D eigenvalue weighted by Crippen LogP contribution is -2.59. The zero-order valence-corrected chi connectivity index (χ0v) is 35.0. The number of carbonyl (C=O) groups is 3. The van der Waals surface area contributed by atoms with Gasteiger partial charge in [0, 0.05) is 81.0 Å². The monoisotopic (exact) mass is 821 g/mol. The van der Waals surface area contributed by atoms with E-state index in [0.29, 0.717) is 42.2 Å². The van der Waals surface area contributed by atoms with Gasteiger partial charge < -0.3 is 29.3 Å². The number of hydrogen-bond acceptors (Lipinski definition) is 9. The van der Waals surface area contributed by atoms with Gasteiger partial charge in [-0.25, -0.2) is 0 Å². The summed E-state index contributed by atoms with van der Waals surface area (Å²) in [6.07, 6.45) is 7.61. The van der Waals surface area contributed by atoms with Crippen LogP contribution in [0.3, 0.4) is 0 Å². The molecule has 0 aromatic heterocycles. The van der Waals surface area contributed by atoms with Crippen LogP contribution in [0.25, 0.3) is 0 Å². The predicted octanol–water partition coefficient (Wildman–Crippen LogP) is 6.60. The summed E-state index contributed by atoms with van der Waals surface area (Å²) >= 11 is 0. The second kappa shape index (κ2) is 15.1. The Morgan fingerprint density at radius 3 is 2.48 bits per heavy atom. The minimum Gasteiger partial charge on any atom is -0.508 e. The molecule has 3 saturated heterocycles. The highest BCUT2D eigenvalue weighted by Gasteiger charge is 2.47. The Hall–Kier alpha value is -5.55. The lowest BCUT2D eigenvalue weighted by molar-refractivity contribution is -0.136. The van der Waals surface area contributed by atoms with Crippen LogP contribution in [0.2, 0.25) is 0 Å². The molecular weight excluding hydrogens is 767 g/mol. The number of phenols is 1. The lowest BCUT2D eigenvalue weighted by atomic mass is 9.57. The number of aromatic hydroxyl groups is 1. The molecule has 11 heteroatoms.